The zero-order valence-corrected chi connectivity index (χ0v) is 11.9. The summed E-state index contributed by atoms with van der Waals surface area (Å²) in [6, 6.07) is 4.05. The van der Waals surface area contributed by atoms with Crippen LogP contribution in [0.1, 0.15) is 19.3 Å². The molecule has 2 fully saturated rings. The van der Waals surface area contributed by atoms with Crippen LogP contribution in [-0.2, 0) is 4.79 Å². The molecule has 0 saturated heterocycles. The van der Waals surface area contributed by atoms with Crippen LogP contribution in [0, 0.1) is 27.9 Å². The Morgan fingerprint density at radius 2 is 2.10 bits per heavy atom. The van der Waals surface area contributed by atoms with Gasteiger partial charge in [0.1, 0.15) is 0 Å². The van der Waals surface area contributed by atoms with Gasteiger partial charge in [0.25, 0.3) is 5.69 Å². The topological polar surface area (TPSA) is 92.5 Å². The average molecular weight is 311 g/mol. The molecule has 112 valence electrons. The highest BCUT2D eigenvalue weighted by Crippen LogP contribution is 2.50. The van der Waals surface area contributed by atoms with Crippen molar-refractivity contribution in [3.63, 3.8) is 0 Å². The molecule has 0 aromatic heterocycles. The third kappa shape index (κ3) is 2.44. The molecule has 2 bridgehead atoms. The number of nitro groups is 1. The molecule has 3 rings (SSSR count). The first-order valence-corrected chi connectivity index (χ1v) is 7.28. The van der Waals surface area contributed by atoms with E-state index in [2.05, 4.69) is 5.32 Å². The Hall–Kier alpha value is -1.82. The number of aliphatic carboxylic acids is 1. The number of anilines is 1. The monoisotopic (exact) mass is 310 g/mol. The van der Waals surface area contributed by atoms with Crippen LogP contribution >= 0.6 is 11.6 Å². The largest absolute Gasteiger partial charge is 0.481 e. The van der Waals surface area contributed by atoms with E-state index in [-0.39, 0.29) is 22.7 Å². The molecular weight excluding hydrogens is 296 g/mol. The van der Waals surface area contributed by atoms with Crippen molar-refractivity contribution < 1.29 is 14.8 Å². The maximum Gasteiger partial charge on any atom is 0.308 e. The summed E-state index contributed by atoms with van der Waals surface area (Å²) < 4.78 is 0. The SMILES string of the molecule is O=C(O)C1C2CCC(C2)C1Nc1ccc([N+](=O)[O-])cc1Cl. The number of nitrogens with one attached hydrogen (secondary N) is 1. The minimum Gasteiger partial charge on any atom is -0.481 e. The highest BCUT2D eigenvalue weighted by molar-refractivity contribution is 6.33. The van der Waals surface area contributed by atoms with Crippen molar-refractivity contribution in [2.24, 2.45) is 17.8 Å². The van der Waals surface area contributed by atoms with Gasteiger partial charge >= 0.3 is 5.97 Å². The van der Waals surface area contributed by atoms with Crippen molar-refractivity contribution in [3.8, 4) is 0 Å². The fourth-order valence-electron chi connectivity index (χ4n) is 3.77. The zero-order chi connectivity index (χ0) is 15.1. The van der Waals surface area contributed by atoms with Gasteiger partial charge in [0.15, 0.2) is 0 Å². The van der Waals surface area contributed by atoms with E-state index in [1.807, 2.05) is 0 Å². The Morgan fingerprint density at radius 3 is 2.71 bits per heavy atom. The highest BCUT2D eigenvalue weighted by atomic mass is 35.5. The van der Waals surface area contributed by atoms with Gasteiger partial charge in [-0.2, -0.15) is 0 Å². The Morgan fingerprint density at radius 1 is 1.38 bits per heavy atom. The Balaban J connectivity index is 1.83. The smallest absolute Gasteiger partial charge is 0.308 e. The summed E-state index contributed by atoms with van der Waals surface area (Å²) in [4.78, 5) is 21.7. The molecule has 4 unspecified atom stereocenters. The first-order valence-electron chi connectivity index (χ1n) is 6.90. The van der Waals surface area contributed by atoms with Gasteiger partial charge in [-0.3, -0.25) is 14.9 Å². The van der Waals surface area contributed by atoms with E-state index < -0.39 is 16.8 Å². The highest BCUT2D eigenvalue weighted by Gasteiger charge is 2.51. The number of benzene rings is 1. The summed E-state index contributed by atoms with van der Waals surface area (Å²) in [7, 11) is 0. The van der Waals surface area contributed by atoms with Gasteiger partial charge in [0, 0.05) is 18.2 Å². The number of hydrogen-bond donors (Lipinski definition) is 2. The lowest BCUT2D eigenvalue weighted by Crippen LogP contribution is -2.39. The first kappa shape index (κ1) is 14.1. The van der Waals surface area contributed by atoms with E-state index >= 15 is 0 Å². The van der Waals surface area contributed by atoms with Crippen LogP contribution in [0.2, 0.25) is 5.02 Å². The molecule has 0 heterocycles. The third-order valence-corrected chi connectivity index (χ3v) is 5.00. The lowest BCUT2D eigenvalue weighted by atomic mass is 9.84. The van der Waals surface area contributed by atoms with E-state index in [9.17, 15) is 20.0 Å². The van der Waals surface area contributed by atoms with Gasteiger partial charge in [-0.15, -0.1) is 0 Å². The molecule has 2 N–H and O–H groups in total. The molecule has 21 heavy (non-hydrogen) atoms. The molecule has 7 heteroatoms. The van der Waals surface area contributed by atoms with E-state index in [0.29, 0.717) is 11.6 Å². The molecule has 1 aromatic carbocycles. The Kier molecular flexibility index (Phi) is 3.49. The predicted octanol–water partition coefficient (Wildman–Crippen LogP) is 3.16. The van der Waals surface area contributed by atoms with Gasteiger partial charge in [-0.1, -0.05) is 11.6 Å². The number of fused-ring (bicyclic) bond motifs is 2. The molecule has 2 saturated carbocycles. The quantitative estimate of drug-likeness (QED) is 0.658. The molecule has 2 aliphatic rings. The number of carboxylic acids is 1. The molecule has 0 amide bonds. The van der Waals surface area contributed by atoms with Crippen LogP contribution in [0.25, 0.3) is 0 Å². The fraction of sp³-hybridized carbons (Fsp3) is 0.500. The number of nitrogens with zero attached hydrogens (tertiary/aromatic N) is 1. The molecule has 1 aromatic rings. The number of hydrogen-bond acceptors (Lipinski definition) is 4. The summed E-state index contributed by atoms with van der Waals surface area (Å²) in [5.41, 5.74) is 0.486. The van der Waals surface area contributed by atoms with Gasteiger partial charge in [0.05, 0.1) is 21.6 Å². The second-order valence-corrected chi connectivity index (χ2v) is 6.20. The summed E-state index contributed by atoms with van der Waals surface area (Å²) >= 11 is 6.07. The van der Waals surface area contributed by atoms with E-state index in [0.717, 1.165) is 19.3 Å². The van der Waals surface area contributed by atoms with E-state index in [1.165, 1.54) is 12.1 Å². The maximum absolute atomic E-state index is 11.5. The fourth-order valence-corrected chi connectivity index (χ4v) is 4.00. The number of halogens is 1. The van der Waals surface area contributed by atoms with Crippen molar-refractivity contribution >= 4 is 28.9 Å². The number of carboxylic acid groups (broad SMARTS) is 1. The second-order valence-electron chi connectivity index (χ2n) is 5.79. The minimum absolute atomic E-state index is 0.0757. The third-order valence-electron chi connectivity index (χ3n) is 4.69. The van der Waals surface area contributed by atoms with Gasteiger partial charge < -0.3 is 10.4 Å². The van der Waals surface area contributed by atoms with Crippen LogP contribution in [0.4, 0.5) is 11.4 Å². The summed E-state index contributed by atoms with van der Waals surface area (Å²) in [5.74, 6) is -0.628. The number of carbonyl (C=O) groups is 1. The number of rotatable bonds is 4. The van der Waals surface area contributed by atoms with Gasteiger partial charge in [-0.05, 0) is 37.2 Å². The summed E-state index contributed by atoms with van der Waals surface area (Å²) in [6.45, 7) is 0. The molecule has 4 atom stereocenters. The van der Waals surface area contributed by atoms with Crippen LogP contribution in [0.3, 0.4) is 0 Å². The lowest BCUT2D eigenvalue weighted by Gasteiger charge is -2.30. The normalized spacial score (nSPS) is 30.3. The van der Waals surface area contributed by atoms with Crippen molar-refractivity contribution in [3.05, 3.63) is 33.3 Å². The van der Waals surface area contributed by atoms with Crippen molar-refractivity contribution in [2.75, 3.05) is 5.32 Å². The first-order chi connectivity index (χ1) is 9.97. The van der Waals surface area contributed by atoms with E-state index in [1.54, 1.807) is 6.07 Å². The molecule has 2 aliphatic carbocycles. The molecule has 6 nitrogen and oxygen atoms in total. The van der Waals surface area contributed by atoms with Crippen molar-refractivity contribution in [2.45, 2.75) is 25.3 Å². The molecular formula is C14H15ClN2O4. The van der Waals surface area contributed by atoms with Crippen molar-refractivity contribution in [1.82, 2.24) is 0 Å². The van der Waals surface area contributed by atoms with Crippen molar-refractivity contribution in [1.29, 1.82) is 0 Å². The lowest BCUT2D eigenvalue weighted by molar-refractivity contribution is -0.384. The number of nitro benzene ring substituents is 1. The van der Waals surface area contributed by atoms with Gasteiger partial charge in [-0.25, -0.2) is 0 Å². The number of non-ortho nitro benzene ring substituents is 1. The summed E-state index contributed by atoms with van der Waals surface area (Å²) in [6.07, 6.45) is 2.92. The second kappa shape index (κ2) is 5.18. The standard InChI is InChI=1S/C14H15ClN2O4/c15-10-6-9(17(20)21)3-4-11(10)16-13-8-2-1-7(5-8)12(13)14(18)19/h3-4,6-8,12-13,16H,1-2,5H2,(H,18,19). The maximum atomic E-state index is 11.5. The summed E-state index contributed by atoms with van der Waals surface area (Å²) in [5, 5.41) is 23.6. The molecule has 0 radical (unpaired) electrons. The van der Waals surface area contributed by atoms with Gasteiger partial charge in [0.2, 0.25) is 0 Å². The van der Waals surface area contributed by atoms with Crippen LogP contribution in [0.15, 0.2) is 18.2 Å². The predicted molar refractivity (Wildman–Crippen MR) is 77.5 cm³/mol. The molecule has 0 aliphatic heterocycles. The Bertz CT molecular complexity index is 607. The van der Waals surface area contributed by atoms with Crippen LogP contribution < -0.4 is 5.32 Å². The average Bonchev–Trinajstić information content (AvgIpc) is 3.01. The van der Waals surface area contributed by atoms with Crippen LogP contribution in [-0.4, -0.2) is 22.0 Å². The molecule has 0 spiro atoms. The minimum atomic E-state index is -0.780. The van der Waals surface area contributed by atoms with Crippen LogP contribution in [0.5, 0.6) is 0 Å². The van der Waals surface area contributed by atoms with E-state index in [4.69, 9.17) is 11.6 Å². The Labute approximate surface area is 126 Å². The zero-order valence-electron chi connectivity index (χ0n) is 11.2.